The summed E-state index contributed by atoms with van der Waals surface area (Å²) in [7, 11) is 1.42. The molecule has 0 radical (unpaired) electrons. The lowest BCUT2D eigenvalue weighted by Crippen LogP contribution is -2.01. The highest BCUT2D eigenvalue weighted by Crippen LogP contribution is 2.27. The number of hydrogen-bond donors (Lipinski definition) is 0. The van der Waals surface area contributed by atoms with Crippen LogP contribution in [0.1, 0.15) is 25.7 Å². The van der Waals surface area contributed by atoms with Crippen molar-refractivity contribution in [2.24, 2.45) is 0 Å². The summed E-state index contributed by atoms with van der Waals surface area (Å²) in [5, 5.41) is 0. The Morgan fingerprint density at radius 1 is 1.14 bits per heavy atom. The van der Waals surface area contributed by atoms with Crippen LogP contribution in [0, 0.1) is 0 Å². The molecule has 0 aliphatic rings. The van der Waals surface area contributed by atoms with E-state index in [1.54, 1.807) is 0 Å². The summed E-state index contributed by atoms with van der Waals surface area (Å²) >= 11 is 0. The maximum atomic E-state index is 11.1. The molecule has 5 nitrogen and oxygen atoms in total. The molecule has 0 aliphatic carbocycles. The Bertz CT molecular complexity index is 932. The van der Waals surface area contributed by atoms with Crippen molar-refractivity contribution in [2.75, 3.05) is 13.7 Å². The largest absolute Gasteiger partial charge is 0.494 e. The molecule has 0 aliphatic heterocycles. The predicted molar refractivity (Wildman–Crippen MR) is 111 cm³/mol. The molecule has 0 bridgehead atoms. The fourth-order valence-electron chi connectivity index (χ4n) is 3.15. The number of aromatic nitrogens is 2. The zero-order chi connectivity index (χ0) is 19.8. The Morgan fingerprint density at radius 2 is 1.96 bits per heavy atom. The Morgan fingerprint density at radius 3 is 2.71 bits per heavy atom. The number of nitrogens with zero attached hydrogens (tertiary/aromatic N) is 2. The van der Waals surface area contributed by atoms with Crippen molar-refractivity contribution in [3.8, 4) is 17.1 Å². The Hall–Kier alpha value is -3.08. The highest BCUT2D eigenvalue weighted by Gasteiger charge is 2.12. The molecule has 0 saturated heterocycles. The topological polar surface area (TPSA) is 53.4 Å². The smallest absolute Gasteiger partial charge is 0.305 e. The number of allylic oxidation sites excluding steroid dienone is 1. The summed E-state index contributed by atoms with van der Waals surface area (Å²) in [4.78, 5) is 15.9. The van der Waals surface area contributed by atoms with Crippen molar-refractivity contribution in [1.82, 2.24) is 9.55 Å². The molecule has 0 amide bonds. The zero-order valence-corrected chi connectivity index (χ0v) is 16.3. The average molecular weight is 378 g/mol. The van der Waals surface area contributed by atoms with E-state index in [1.807, 2.05) is 42.5 Å². The maximum absolute atomic E-state index is 11.1. The first-order chi connectivity index (χ1) is 13.7. The van der Waals surface area contributed by atoms with Crippen LogP contribution in [0.3, 0.4) is 0 Å². The number of hydrogen-bond acceptors (Lipinski definition) is 4. The lowest BCUT2D eigenvalue weighted by Gasteiger charge is -2.09. The molecular formula is C23H26N2O3. The van der Waals surface area contributed by atoms with Gasteiger partial charge in [0.05, 0.1) is 24.8 Å². The zero-order valence-electron chi connectivity index (χ0n) is 16.3. The van der Waals surface area contributed by atoms with E-state index in [1.165, 1.54) is 7.11 Å². The van der Waals surface area contributed by atoms with Gasteiger partial charge in [0.2, 0.25) is 0 Å². The lowest BCUT2D eigenvalue weighted by molar-refractivity contribution is -0.140. The molecule has 0 saturated carbocycles. The van der Waals surface area contributed by atoms with Crippen LogP contribution in [0.25, 0.3) is 22.4 Å². The summed E-state index contributed by atoms with van der Waals surface area (Å²) in [5.74, 6) is 1.59. The summed E-state index contributed by atoms with van der Waals surface area (Å²) in [6, 6.07) is 16.1. The molecule has 0 unspecified atom stereocenters. The number of benzene rings is 2. The van der Waals surface area contributed by atoms with Crippen LogP contribution in [0.5, 0.6) is 5.75 Å². The first-order valence-corrected chi connectivity index (χ1v) is 9.59. The van der Waals surface area contributed by atoms with Crippen molar-refractivity contribution < 1.29 is 14.3 Å². The second-order valence-electron chi connectivity index (χ2n) is 6.59. The average Bonchev–Trinajstić information content (AvgIpc) is 3.09. The molecule has 146 valence electrons. The molecular weight excluding hydrogens is 352 g/mol. The van der Waals surface area contributed by atoms with Crippen molar-refractivity contribution in [2.45, 2.75) is 32.2 Å². The SMILES string of the molecule is C=CCn1c(-c2ccccc2)nc2ccc(OCCCCCC(=O)OC)cc21. The molecule has 3 rings (SSSR count). The van der Waals surface area contributed by atoms with Gasteiger partial charge in [0.15, 0.2) is 0 Å². The van der Waals surface area contributed by atoms with Crippen molar-refractivity contribution in [1.29, 1.82) is 0 Å². The number of unbranched alkanes of at least 4 members (excludes halogenated alkanes) is 2. The van der Waals surface area contributed by atoms with E-state index in [4.69, 9.17) is 9.72 Å². The van der Waals surface area contributed by atoms with Gasteiger partial charge in [0.25, 0.3) is 0 Å². The van der Waals surface area contributed by atoms with Gasteiger partial charge < -0.3 is 14.0 Å². The molecule has 5 heteroatoms. The van der Waals surface area contributed by atoms with Gasteiger partial charge in [-0.25, -0.2) is 4.98 Å². The number of carbonyl (C=O) groups is 1. The first-order valence-electron chi connectivity index (χ1n) is 9.59. The second kappa shape index (κ2) is 9.74. The van der Waals surface area contributed by atoms with E-state index in [0.29, 0.717) is 19.6 Å². The van der Waals surface area contributed by atoms with Crippen molar-refractivity contribution in [3.63, 3.8) is 0 Å². The molecule has 28 heavy (non-hydrogen) atoms. The van der Waals surface area contributed by atoms with Crippen LogP contribution >= 0.6 is 0 Å². The minimum absolute atomic E-state index is 0.156. The van der Waals surface area contributed by atoms with Gasteiger partial charge in [-0.2, -0.15) is 0 Å². The van der Waals surface area contributed by atoms with Gasteiger partial charge in [0, 0.05) is 24.6 Å². The van der Waals surface area contributed by atoms with Crippen LogP contribution in [0.15, 0.2) is 61.2 Å². The lowest BCUT2D eigenvalue weighted by atomic mass is 10.2. The molecule has 0 spiro atoms. The molecule has 0 fully saturated rings. The standard InChI is InChI=1S/C23H26N2O3/c1-3-15-25-21-17-19(28-16-9-5-8-12-22(26)27-2)13-14-20(21)24-23(25)18-10-6-4-7-11-18/h3-4,6-7,10-11,13-14,17H,1,5,8-9,12,15-16H2,2H3. The fourth-order valence-corrected chi connectivity index (χ4v) is 3.15. The first kappa shape index (κ1) is 19.7. The van der Waals surface area contributed by atoms with Gasteiger partial charge in [-0.05, 0) is 31.4 Å². The van der Waals surface area contributed by atoms with Crippen LogP contribution < -0.4 is 4.74 Å². The number of carbonyl (C=O) groups excluding carboxylic acids is 1. The molecule has 1 heterocycles. The number of rotatable bonds is 10. The monoisotopic (exact) mass is 378 g/mol. The van der Waals surface area contributed by atoms with Crippen molar-refractivity contribution in [3.05, 3.63) is 61.2 Å². The fraction of sp³-hybridized carbons (Fsp3) is 0.304. The van der Waals surface area contributed by atoms with E-state index < -0.39 is 0 Å². The maximum Gasteiger partial charge on any atom is 0.305 e. The third-order valence-corrected chi connectivity index (χ3v) is 4.58. The van der Waals surface area contributed by atoms with Gasteiger partial charge in [0.1, 0.15) is 11.6 Å². The van der Waals surface area contributed by atoms with Crippen LogP contribution in [-0.4, -0.2) is 29.2 Å². The number of esters is 1. The van der Waals surface area contributed by atoms with Crippen molar-refractivity contribution >= 4 is 17.0 Å². The number of ether oxygens (including phenoxy) is 2. The van der Waals surface area contributed by atoms with Gasteiger partial charge >= 0.3 is 5.97 Å². The predicted octanol–water partition coefficient (Wildman–Crippen LogP) is 5.00. The normalized spacial score (nSPS) is 10.8. The van der Waals surface area contributed by atoms with Gasteiger partial charge in [-0.1, -0.05) is 36.4 Å². The summed E-state index contributed by atoms with van der Waals surface area (Å²) < 4.78 is 12.7. The molecule has 0 atom stereocenters. The molecule has 3 aromatic rings. The van der Waals surface area contributed by atoms with Gasteiger partial charge in [-0.3, -0.25) is 4.79 Å². The van der Waals surface area contributed by atoms with E-state index in [2.05, 4.69) is 28.0 Å². The quantitative estimate of drug-likeness (QED) is 0.283. The van der Waals surface area contributed by atoms with E-state index in [9.17, 15) is 4.79 Å². The number of fused-ring (bicyclic) bond motifs is 1. The van der Waals surface area contributed by atoms with Gasteiger partial charge in [-0.15, -0.1) is 6.58 Å². The molecule has 0 N–H and O–H groups in total. The Labute approximate surface area is 165 Å². The highest BCUT2D eigenvalue weighted by atomic mass is 16.5. The van der Waals surface area contributed by atoms with E-state index in [-0.39, 0.29) is 5.97 Å². The third kappa shape index (κ3) is 4.80. The van der Waals surface area contributed by atoms with E-state index >= 15 is 0 Å². The van der Waals surface area contributed by atoms with Crippen LogP contribution in [0.2, 0.25) is 0 Å². The number of imidazole rings is 1. The second-order valence-corrected chi connectivity index (χ2v) is 6.59. The van der Waals surface area contributed by atoms with Crippen LogP contribution in [0.4, 0.5) is 0 Å². The Kier molecular flexibility index (Phi) is 6.84. The molecule has 1 aromatic heterocycles. The summed E-state index contributed by atoms with van der Waals surface area (Å²) in [6.45, 7) is 5.18. The Balaban J connectivity index is 1.69. The highest BCUT2D eigenvalue weighted by molar-refractivity contribution is 5.82. The minimum Gasteiger partial charge on any atom is -0.494 e. The molecule has 2 aromatic carbocycles. The van der Waals surface area contributed by atoms with Crippen LogP contribution in [-0.2, 0) is 16.1 Å². The summed E-state index contributed by atoms with van der Waals surface area (Å²) in [5.41, 5.74) is 3.04. The minimum atomic E-state index is -0.156. The van der Waals surface area contributed by atoms with E-state index in [0.717, 1.165) is 47.4 Å². The number of methoxy groups -OCH3 is 1. The summed E-state index contributed by atoms with van der Waals surface area (Å²) in [6.07, 6.45) is 5.00. The third-order valence-electron chi connectivity index (χ3n) is 4.58.